The van der Waals surface area contributed by atoms with Gasteiger partial charge in [0, 0.05) is 41.1 Å². The number of nitrogens with two attached hydrogens (primary N) is 1. The van der Waals surface area contributed by atoms with Crippen molar-refractivity contribution < 1.29 is 23.4 Å². The summed E-state index contributed by atoms with van der Waals surface area (Å²) in [6.45, 7) is 13.6. The Morgan fingerprint density at radius 3 is 2.04 bits per heavy atom. The predicted octanol–water partition coefficient (Wildman–Crippen LogP) is 4.80. The van der Waals surface area contributed by atoms with E-state index < -0.39 is 0 Å². The molecule has 3 N–H and O–H groups in total. The zero-order valence-corrected chi connectivity index (χ0v) is 20.3. The van der Waals surface area contributed by atoms with Gasteiger partial charge in [0.1, 0.15) is 5.82 Å². The minimum absolute atomic E-state index is 0. The molecule has 26 heavy (non-hydrogen) atoms. The number of nitrogens with zero attached hydrogens (tertiary/aromatic N) is 2. The Morgan fingerprint density at radius 2 is 1.88 bits per heavy atom. The van der Waals surface area contributed by atoms with Gasteiger partial charge in [0.2, 0.25) is 0 Å². The number of carbonyl (C=O) groups is 1. The molecule has 1 aromatic rings. The number of halogens is 1. The Kier molecular flexibility index (Phi) is 17.3. The SMILES string of the molecule is CC#CC[CH-]I.CC(C)(C)C(=O)CC#N.CC(C)(C)c1cc(N)n[nH]1.[V]. The number of nitrogens with one attached hydrogen (secondary N) is 1. The number of H-pyrrole nitrogens is 1. The largest absolute Gasteiger partial charge is 0.382 e. The third-order valence-electron chi connectivity index (χ3n) is 2.84. The summed E-state index contributed by atoms with van der Waals surface area (Å²) >= 11 is 2.18. The second-order valence-corrected chi connectivity index (χ2v) is 8.13. The smallest absolute Gasteiger partial charge is 0.152 e. The quantitative estimate of drug-likeness (QED) is 0.341. The van der Waals surface area contributed by atoms with Gasteiger partial charge in [-0.15, -0.1) is 18.3 Å². The Bertz CT molecular complexity index is 610. The minimum atomic E-state index is -0.351. The van der Waals surface area contributed by atoms with E-state index in [4.69, 9.17) is 11.0 Å². The first-order valence-corrected chi connectivity index (χ1v) is 9.17. The fourth-order valence-corrected chi connectivity index (χ4v) is 1.42. The number of aromatic nitrogens is 2. The van der Waals surface area contributed by atoms with Crippen LogP contribution in [-0.2, 0) is 28.8 Å². The summed E-state index contributed by atoms with van der Waals surface area (Å²) in [5, 5.41) is 14.8. The van der Waals surface area contributed by atoms with E-state index >= 15 is 0 Å². The molecule has 1 radical (unpaired) electrons. The standard InChI is InChI=1S/C7H13N3.C7H11NO.C5H6I.V/c1-7(2,3)5-4-6(8)10-9-5;1-7(2,3)6(9)4-5-8;1-2-3-4-5-6;/h4H,1-3H3,(H3,8,9,10);4H2,1-3H3;5H,4H2,1H3;/q;;-1;. The van der Waals surface area contributed by atoms with E-state index in [2.05, 4.69) is 65.4 Å². The molecule has 0 aromatic carbocycles. The van der Waals surface area contributed by atoms with Crippen molar-refractivity contribution in [2.75, 3.05) is 5.73 Å². The van der Waals surface area contributed by atoms with Crippen LogP contribution in [0, 0.1) is 33.0 Å². The number of Topliss-reactive ketones (excluding diaryl/α,β-unsaturated/α-hetero) is 1. The van der Waals surface area contributed by atoms with Gasteiger partial charge in [0.15, 0.2) is 5.78 Å². The number of hydrogen-bond donors (Lipinski definition) is 2. The maximum Gasteiger partial charge on any atom is 0.152 e. The number of aromatic amines is 1. The van der Waals surface area contributed by atoms with Crippen molar-refractivity contribution in [3.8, 4) is 17.9 Å². The van der Waals surface area contributed by atoms with Crippen molar-refractivity contribution >= 4 is 34.2 Å². The average molecular weight is 508 g/mol. The molecule has 0 aliphatic rings. The van der Waals surface area contributed by atoms with Gasteiger partial charge in [-0.2, -0.15) is 10.4 Å². The van der Waals surface area contributed by atoms with E-state index in [0.29, 0.717) is 5.82 Å². The Hall–Kier alpha value is -0.956. The first kappa shape index (κ1) is 29.8. The molecule has 0 amide bonds. The first-order valence-electron chi connectivity index (χ1n) is 7.93. The molecule has 0 spiro atoms. The van der Waals surface area contributed by atoms with Crippen molar-refractivity contribution in [1.82, 2.24) is 10.2 Å². The monoisotopic (exact) mass is 508 g/mol. The average Bonchev–Trinajstić information content (AvgIpc) is 2.92. The van der Waals surface area contributed by atoms with Crippen LogP contribution in [0.5, 0.6) is 0 Å². The van der Waals surface area contributed by atoms with Gasteiger partial charge in [-0.25, -0.2) is 0 Å². The fraction of sp³-hybridized carbons (Fsp3) is 0.579. The second-order valence-electron chi connectivity index (χ2n) is 7.25. The Balaban J connectivity index is -0.000000309. The number of carbonyl (C=O) groups excluding carboxylic acids is 1. The third kappa shape index (κ3) is 16.5. The molecular formula is C19H30IN4OV-. The molecular weight excluding hydrogens is 478 g/mol. The molecule has 0 atom stereocenters. The molecule has 0 saturated carbocycles. The van der Waals surface area contributed by atoms with Gasteiger partial charge < -0.3 is 28.3 Å². The van der Waals surface area contributed by atoms with Gasteiger partial charge in [-0.05, 0) is 6.92 Å². The Labute approximate surface area is 184 Å². The molecule has 7 heteroatoms. The van der Waals surface area contributed by atoms with E-state index in [0.717, 1.165) is 12.1 Å². The van der Waals surface area contributed by atoms with Crippen LogP contribution >= 0.6 is 22.6 Å². The zero-order valence-electron chi connectivity index (χ0n) is 16.8. The van der Waals surface area contributed by atoms with Crippen molar-refractivity contribution in [3.05, 3.63) is 16.2 Å². The third-order valence-corrected chi connectivity index (χ3v) is 3.28. The molecule has 1 aromatic heterocycles. The van der Waals surface area contributed by atoms with E-state index in [-0.39, 0.29) is 41.6 Å². The zero-order chi connectivity index (χ0) is 20.1. The Morgan fingerprint density at radius 1 is 1.35 bits per heavy atom. The summed E-state index contributed by atoms with van der Waals surface area (Å²) in [4.78, 5) is 10.8. The van der Waals surface area contributed by atoms with Gasteiger partial charge in [0.25, 0.3) is 0 Å². The van der Waals surface area contributed by atoms with E-state index in [1.807, 2.05) is 44.3 Å². The van der Waals surface area contributed by atoms with Crippen molar-refractivity contribution in [3.63, 3.8) is 0 Å². The molecule has 1 rings (SSSR count). The number of nitrogen functional groups attached to an aromatic ring is 1. The summed E-state index contributed by atoms with van der Waals surface area (Å²) in [5.41, 5.74) is 6.27. The predicted molar refractivity (Wildman–Crippen MR) is 113 cm³/mol. The maximum absolute atomic E-state index is 10.8. The molecule has 0 aliphatic carbocycles. The van der Waals surface area contributed by atoms with Crippen molar-refractivity contribution in [2.45, 2.75) is 66.7 Å². The molecule has 0 saturated heterocycles. The summed E-state index contributed by atoms with van der Waals surface area (Å²) in [7, 11) is 0. The number of hydrogen-bond acceptors (Lipinski definition) is 4. The molecule has 0 bridgehead atoms. The molecule has 145 valence electrons. The summed E-state index contributed by atoms with van der Waals surface area (Å²) in [5.74, 6) is 6.23. The molecule has 0 aliphatic heterocycles. The second kappa shape index (κ2) is 15.1. The van der Waals surface area contributed by atoms with Crippen LogP contribution in [0.4, 0.5) is 5.82 Å². The van der Waals surface area contributed by atoms with Crippen LogP contribution in [0.1, 0.15) is 67.0 Å². The van der Waals surface area contributed by atoms with Crippen molar-refractivity contribution in [1.29, 1.82) is 5.26 Å². The van der Waals surface area contributed by atoms with Gasteiger partial charge in [0.05, 0.1) is 12.5 Å². The van der Waals surface area contributed by atoms with Crippen LogP contribution in [0.3, 0.4) is 0 Å². The minimum Gasteiger partial charge on any atom is -0.382 e. The number of nitriles is 1. The molecule has 0 unspecified atom stereocenters. The van der Waals surface area contributed by atoms with Gasteiger partial charge >= 0.3 is 0 Å². The van der Waals surface area contributed by atoms with Crippen LogP contribution in [0.25, 0.3) is 0 Å². The number of ketones is 1. The fourth-order valence-electron chi connectivity index (χ4n) is 1.20. The molecule has 0 fully saturated rings. The van der Waals surface area contributed by atoms with Crippen LogP contribution in [0.15, 0.2) is 6.07 Å². The molecule has 5 nitrogen and oxygen atoms in total. The normalized spacial score (nSPS) is 9.65. The summed E-state index contributed by atoms with van der Waals surface area (Å²) in [6.07, 6.45) is 0.945. The van der Waals surface area contributed by atoms with E-state index in [1.165, 1.54) is 0 Å². The molecule has 1 heterocycles. The maximum atomic E-state index is 10.8. The topological polar surface area (TPSA) is 95.6 Å². The van der Waals surface area contributed by atoms with Crippen LogP contribution in [0.2, 0.25) is 0 Å². The van der Waals surface area contributed by atoms with E-state index in [9.17, 15) is 4.79 Å². The van der Waals surface area contributed by atoms with Gasteiger partial charge in [-0.1, -0.05) is 41.5 Å². The van der Waals surface area contributed by atoms with Crippen molar-refractivity contribution in [2.24, 2.45) is 5.41 Å². The van der Waals surface area contributed by atoms with Crippen LogP contribution < -0.4 is 5.73 Å². The van der Waals surface area contributed by atoms with E-state index in [1.54, 1.807) is 0 Å². The number of anilines is 1. The first-order chi connectivity index (χ1) is 11.4. The number of rotatable bonds is 2. The summed E-state index contributed by atoms with van der Waals surface area (Å²) < 4.78 is 2.01. The summed E-state index contributed by atoms with van der Waals surface area (Å²) in [6, 6.07) is 3.69. The van der Waals surface area contributed by atoms with Gasteiger partial charge in [-0.3, -0.25) is 14.3 Å². The van der Waals surface area contributed by atoms with Crippen LogP contribution in [-0.4, -0.2) is 16.0 Å².